The van der Waals surface area contributed by atoms with E-state index in [0.29, 0.717) is 13.2 Å². The second kappa shape index (κ2) is 6.32. The lowest BCUT2D eigenvalue weighted by Gasteiger charge is -2.23. The van der Waals surface area contributed by atoms with Crippen molar-refractivity contribution >= 4 is 5.97 Å². The van der Waals surface area contributed by atoms with Gasteiger partial charge in [0.1, 0.15) is 5.69 Å². The molecule has 5 heteroatoms. The highest BCUT2D eigenvalue weighted by atomic mass is 16.5. The van der Waals surface area contributed by atoms with Gasteiger partial charge in [-0.3, -0.25) is 4.90 Å². The van der Waals surface area contributed by atoms with E-state index in [0.717, 1.165) is 5.69 Å². The number of aromatic nitrogens is 1. The summed E-state index contributed by atoms with van der Waals surface area (Å²) in [7, 11) is 3.62. The molecule has 1 rings (SSSR count). The Morgan fingerprint density at radius 3 is 2.88 bits per heavy atom. The minimum atomic E-state index is -1.00. The van der Waals surface area contributed by atoms with Gasteiger partial charge in [-0.2, -0.15) is 0 Å². The van der Waals surface area contributed by atoms with E-state index in [4.69, 9.17) is 9.84 Å². The first-order chi connectivity index (χ1) is 8.04. The van der Waals surface area contributed by atoms with Gasteiger partial charge >= 0.3 is 5.97 Å². The molecule has 94 valence electrons. The Morgan fingerprint density at radius 1 is 1.59 bits per heavy atom. The summed E-state index contributed by atoms with van der Waals surface area (Å²) in [6.07, 6.45) is 0. The van der Waals surface area contributed by atoms with Gasteiger partial charge < -0.3 is 9.84 Å². The number of carbonyl (C=O) groups is 1. The highest BCUT2D eigenvalue weighted by molar-refractivity contribution is 5.85. The van der Waals surface area contributed by atoms with Crippen molar-refractivity contribution in [3.05, 3.63) is 29.6 Å². The Kier molecular flexibility index (Phi) is 5.06. The van der Waals surface area contributed by atoms with Crippen molar-refractivity contribution in [1.82, 2.24) is 9.88 Å². The third kappa shape index (κ3) is 4.13. The van der Waals surface area contributed by atoms with Crippen molar-refractivity contribution in [1.29, 1.82) is 0 Å². The van der Waals surface area contributed by atoms with Crippen LogP contribution in [0.25, 0.3) is 0 Å². The average Bonchev–Trinajstić information content (AvgIpc) is 2.29. The molecule has 0 spiro atoms. The van der Waals surface area contributed by atoms with Crippen LogP contribution in [0.2, 0.25) is 0 Å². The maximum Gasteiger partial charge on any atom is 0.354 e. The molecule has 0 amide bonds. The molecule has 0 radical (unpaired) electrons. The number of aromatic carboxylic acids is 1. The molecule has 0 fully saturated rings. The van der Waals surface area contributed by atoms with E-state index in [2.05, 4.69) is 9.88 Å². The Bertz CT molecular complexity index is 382. The van der Waals surface area contributed by atoms with Gasteiger partial charge in [0, 0.05) is 19.7 Å². The van der Waals surface area contributed by atoms with Crippen LogP contribution in [0.1, 0.15) is 23.1 Å². The highest BCUT2D eigenvalue weighted by Crippen LogP contribution is 2.05. The largest absolute Gasteiger partial charge is 0.477 e. The summed E-state index contributed by atoms with van der Waals surface area (Å²) in [4.78, 5) is 16.9. The van der Waals surface area contributed by atoms with Crippen molar-refractivity contribution in [3.8, 4) is 0 Å². The quantitative estimate of drug-likeness (QED) is 0.808. The van der Waals surface area contributed by atoms with Crippen LogP contribution in [0.15, 0.2) is 18.2 Å². The maximum absolute atomic E-state index is 10.8. The van der Waals surface area contributed by atoms with Crippen LogP contribution in [0, 0.1) is 0 Å². The first-order valence-electron chi connectivity index (χ1n) is 5.43. The van der Waals surface area contributed by atoms with Crippen LogP contribution < -0.4 is 0 Å². The molecule has 1 atom stereocenters. The van der Waals surface area contributed by atoms with Crippen molar-refractivity contribution < 1.29 is 14.6 Å². The lowest BCUT2D eigenvalue weighted by molar-refractivity contribution is 0.0689. The normalized spacial score (nSPS) is 12.7. The van der Waals surface area contributed by atoms with Gasteiger partial charge in [0.15, 0.2) is 0 Å². The second-order valence-electron chi connectivity index (χ2n) is 4.04. The van der Waals surface area contributed by atoms with E-state index in [1.807, 2.05) is 20.0 Å². The molecule has 0 aliphatic rings. The first-order valence-corrected chi connectivity index (χ1v) is 5.43. The molecule has 1 aromatic heterocycles. The average molecular weight is 238 g/mol. The maximum atomic E-state index is 10.8. The van der Waals surface area contributed by atoms with Crippen molar-refractivity contribution in [2.24, 2.45) is 0 Å². The number of hydrogen-bond donors (Lipinski definition) is 1. The molecular weight excluding hydrogens is 220 g/mol. The first kappa shape index (κ1) is 13.6. The Morgan fingerprint density at radius 2 is 2.29 bits per heavy atom. The van der Waals surface area contributed by atoms with Crippen LogP contribution in [0.5, 0.6) is 0 Å². The van der Waals surface area contributed by atoms with Crippen LogP contribution in [-0.2, 0) is 11.3 Å². The van der Waals surface area contributed by atoms with Crippen molar-refractivity contribution in [3.63, 3.8) is 0 Å². The topological polar surface area (TPSA) is 62.7 Å². The van der Waals surface area contributed by atoms with Gasteiger partial charge in [-0.15, -0.1) is 0 Å². The van der Waals surface area contributed by atoms with Gasteiger partial charge in [0.05, 0.1) is 12.3 Å². The van der Waals surface area contributed by atoms with Crippen molar-refractivity contribution in [2.45, 2.75) is 19.5 Å². The molecule has 0 bridgehead atoms. The van der Waals surface area contributed by atoms with Crippen LogP contribution in [0.4, 0.5) is 0 Å². The third-order valence-electron chi connectivity index (χ3n) is 2.60. The van der Waals surface area contributed by atoms with Crippen molar-refractivity contribution in [2.75, 3.05) is 20.8 Å². The van der Waals surface area contributed by atoms with E-state index < -0.39 is 5.97 Å². The zero-order valence-corrected chi connectivity index (χ0v) is 10.4. The molecule has 5 nitrogen and oxygen atoms in total. The van der Waals surface area contributed by atoms with E-state index in [9.17, 15) is 4.79 Å². The third-order valence-corrected chi connectivity index (χ3v) is 2.60. The molecular formula is C12H18N2O3. The predicted molar refractivity (Wildman–Crippen MR) is 64.0 cm³/mol. The minimum absolute atomic E-state index is 0.0790. The molecule has 0 aromatic carbocycles. The summed E-state index contributed by atoms with van der Waals surface area (Å²) in [6, 6.07) is 5.28. The number of rotatable bonds is 6. The molecule has 1 unspecified atom stereocenters. The SMILES string of the molecule is COCC(C)N(C)Cc1cccc(C(=O)O)n1. The number of ether oxygens (including phenoxy) is 1. The number of carboxylic acids is 1. The summed E-state index contributed by atoms with van der Waals surface area (Å²) in [5.41, 5.74) is 0.825. The fourth-order valence-electron chi connectivity index (χ4n) is 1.47. The zero-order chi connectivity index (χ0) is 12.8. The Labute approximate surface area is 101 Å². The highest BCUT2D eigenvalue weighted by Gasteiger charge is 2.11. The minimum Gasteiger partial charge on any atom is -0.477 e. The van der Waals surface area contributed by atoms with E-state index in [1.54, 1.807) is 13.2 Å². The lowest BCUT2D eigenvalue weighted by Crippen LogP contribution is -2.32. The van der Waals surface area contributed by atoms with Gasteiger partial charge in [-0.1, -0.05) is 6.07 Å². The molecule has 0 aliphatic carbocycles. The van der Waals surface area contributed by atoms with Gasteiger partial charge in [-0.05, 0) is 26.1 Å². The summed E-state index contributed by atoms with van der Waals surface area (Å²) in [5.74, 6) is -1.00. The predicted octanol–water partition coefficient (Wildman–Crippen LogP) is 1.25. The number of hydrogen-bond acceptors (Lipinski definition) is 4. The molecule has 0 saturated heterocycles. The second-order valence-corrected chi connectivity index (χ2v) is 4.04. The summed E-state index contributed by atoms with van der Waals surface area (Å²) >= 11 is 0. The monoisotopic (exact) mass is 238 g/mol. The molecule has 17 heavy (non-hydrogen) atoms. The zero-order valence-electron chi connectivity index (χ0n) is 10.4. The van der Waals surface area contributed by atoms with Gasteiger partial charge in [-0.25, -0.2) is 9.78 Å². The Hall–Kier alpha value is -1.46. The molecule has 1 heterocycles. The number of nitrogens with zero attached hydrogens (tertiary/aromatic N) is 2. The summed E-state index contributed by atoms with van der Waals surface area (Å²) in [6.45, 7) is 3.28. The standard InChI is InChI=1S/C12H18N2O3/c1-9(8-17-3)14(2)7-10-5-4-6-11(13-10)12(15)16/h4-6,9H,7-8H2,1-3H3,(H,15,16). The van der Waals surface area contributed by atoms with Gasteiger partial charge in [0.25, 0.3) is 0 Å². The van der Waals surface area contributed by atoms with E-state index in [-0.39, 0.29) is 11.7 Å². The number of carboxylic acid groups (broad SMARTS) is 1. The molecule has 1 aromatic rings. The lowest BCUT2D eigenvalue weighted by atomic mass is 10.2. The molecule has 1 N–H and O–H groups in total. The van der Waals surface area contributed by atoms with Crippen LogP contribution >= 0.6 is 0 Å². The van der Waals surface area contributed by atoms with Crippen LogP contribution in [-0.4, -0.2) is 47.8 Å². The summed E-state index contributed by atoms with van der Waals surface area (Å²) in [5, 5.41) is 8.84. The van der Waals surface area contributed by atoms with E-state index >= 15 is 0 Å². The molecule has 0 saturated carbocycles. The molecule has 0 aliphatic heterocycles. The fraction of sp³-hybridized carbons (Fsp3) is 0.500. The smallest absolute Gasteiger partial charge is 0.354 e. The Balaban J connectivity index is 2.68. The van der Waals surface area contributed by atoms with Crippen LogP contribution in [0.3, 0.4) is 0 Å². The number of pyridine rings is 1. The number of methoxy groups -OCH3 is 1. The summed E-state index contributed by atoms with van der Waals surface area (Å²) < 4.78 is 5.07. The number of likely N-dealkylation sites (N-methyl/N-ethyl adjacent to an activating group) is 1. The fourth-order valence-corrected chi connectivity index (χ4v) is 1.47. The van der Waals surface area contributed by atoms with E-state index in [1.165, 1.54) is 6.07 Å². The van der Waals surface area contributed by atoms with Gasteiger partial charge in [0.2, 0.25) is 0 Å².